The molecule has 0 saturated carbocycles. The monoisotopic (exact) mass is 658 g/mol. The zero-order valence-electron chi connectivity index (χ0n) is 27.3. The van der Waals surface area contributed by atoms with Crippen LogP contribution in [0.4, 0.5) is 11.5 Å². The van der Waals surface area contributed by atoms with Crippen LogP contribution in [0, 0.1) is 13.8 Å². The number of halogens is 1. The largest absolute Gasteiger partial charge is 0.434 e. The number of anilines is 2. The van der Waals surface area contributed by atoms with Crippen molar-refractivity contribution in [2.75, 3.05) is 31.5 Å². The number of pyridine rings is 2. The number of likely N-dealkylation sites (tertiary alicyclic amines) is 2. The topological polar surface area (TPSA) is 90.5 Å². The van der Waals surface area contributed by atoms with E-state index >= 15 is 0 Å². The molecule has 2 saturated heterocycles. The van der Waals surface area contributed by atoms with Crippen LogP contribution in [-0.2, 0) is 13.1 Å². The number of nitrogens with one attached hydrogen (secondary N) is 1. The summed E-state index contributed by atoms with van der Waals surface area (Å²) < 4.78 is 6.31. The minimum absolute atomic E-state index is 0.234. The molecule has 0 amide bonds. The third kappa shape index (κ3) is 6.05. The number of aliphatic hydroxyl groups is 1. The highest BCUT2D eigenvalue weighted by atomic mass is 35.5. The summed E-state index contributed by atoms with van der Waals surface area (Å²) in [4.78, 5) is 19.1. The molecule has 0 bridgehead atoms. The van der Waals surface area contributed by atoms with Crippen molar-refractivity contribution in [3.63, 3.8) is 0 Å². The predicted molar refractivity (Wildman–Crippen MR) is 193 cm³/mol. The molecule has 2 aliphatic rings. The molecule has 48 heavy (non-hydrogen) atoms. The van der Waals surface area contributed by atoms with E-state index in [4.69, 9.17) is 26.0 Å². The summed E-state index contributed by atoms with van der Waals surface area (Å²) in [6.07, 6.45) is 6.84. The van der Waals surface area contributed by atoms with E-state index in [1.54, 1.807) is 0 Å². The van der Waals surface area contributed by atoms with Gasteiger partial charge in [0.25, 0.3) is 0 Å². The van der Waals surface area contributed by atoms with Gasteiger partial charge >= 0.3 is 0 Å². The quantitative estimate of drug-likeness (QED) is 0.169. The molecule has 5 heterocycles. The molecule has 0 radical (unpaired) electrons. The number of hydrogen-bond donors (Lipinski definition) is 2. The second-order valence-electron chi connectivity index (χ2n) is 13.3. The SMILES string of the molecule is Cc1c(Nc2nccc3cc(CN4CC[C@@H](O)C4)cnc23)cccc1-c1cccc(-c2nc3cc(CN4CCCC4)cc(Cl)c3o2)c1C. The Morgan fingerprint density at radius 1 is 0.875 bits per heavy atom. The molecule has 0 spiro atoms. The molecule has 1 atom stereocenters. The fourth-order valence-corrected chi connectivity index (χ4v) is 7.57. The molecular weight excluding hydrogens is 620 g/mol. The van der Waals surface area contributed by atoms with Gasteiger partial charge in [-0.05, 0) is 116 Å². The van der Waals surface area contributed by atoms with Gasteiger partial charge in [-0.25, -0.2) is 9.97 Å². The molecule has 0 unspecified atom stereocenters. The molecule has 6 aromatic rings. The maximum Gasteiger partial charge on any atom is 0.227 e. The van der Waals surface area contributed by atoms with Crippen molar-refractivity contribution in [2.24, 2.45) is 0 Å². The molecule has 2 aliphatic heterocycles. The molecule has 3 aromatic heterocycles. The van der Waals surface area contributed by atoms with Gasteiger partial charge in [0.05, 0.1) is 11.1 Å². The van der Waals surface area contributed by atoms with Crippen LogP contribution >= 0.6 is 11.6 Å². The fourth-order valence-electron chi connectivity index (χ4n) is 7.30. The first-order chi connectivity index (χ1) is 23.4. The summed E-state index contributed by atoms with van der Waals surface area (Å²) >= 11 is 6.72. The Kier molecular flexibility index (Phi) is 8.34. The molecule has 2 N–H and O–H groups in total. The minimum atomic E-state index is -0.234. The first-order valence-electron chi connectivity index (χ1n) is 16.8. The van der Waals surface area contributed by atoms with E-state index in [1.165, 1.54) is 18.4 Å². The molecule has 0 aliphatic carbocycles. The van der Waals surface area contributed by atoms with Crippen LogP contribution in [0.3, 0.4) is 0 Å². The molecule has 3 aromatic carbocycles. The van der Waals surface area contributed by atoms with E-state index in [0.717, 1.165) is 94.6 Å². The van der Waals surface area contributed by atoms with Crippen molar-refractivity contribution in [3.05, 3.63) is 100 Å². The lowest BCUT2D eigenvalue weighted by atomic mass is 9.93. The zero-order chi connectivity index (χ0) is 32.8. The third-order valence-electron chi connectivity index (χ3n) is 9.86. The number of benzene rings is 3. The number of rotatable bonds is 8. The molecule has 8 rings (SSSR count). The standard InChI is InChI=1S/C39H39ClN6O2/c1-24-30(7-5-9-32(24)39-44-35-19-26(18-33(40)37(35)48-39)21-45-14-3-4-15-45)31-8-6-10-34(25(31)2)43-38-36-28(11-13-41-38)17-27(20-42-36)22-46-16-12-29(47)23-46/h5-11,13,17-20,29,47H,3-4,12,14-16,21-23H2,1-2H3,(H,41,43)/t29-/m1/s1. The van der Waals surface area contributed by atoms with E-state index in [9.17, 15) is 5.11 Å². The summed E-state index contributed by atoms with van der Waals surface area (Å²) in [6.45, 7) is 9.79. The maximum atomic E-state index is 9.92. The summed E-state index contributed by atoms with van der Waals surface area (Å²) in [5, 5.41) is 15.1. The number of β-amino-alcohol motifs (C(OH)–C–C–N with tert-alkyl or cyclic N) is 1. The van der Waals surface area contributed by atoms with Crippen LogP contribution in [0.2, 0.25) is 5.02 Å². The Morgan fingerprint density at radius 2 is 1.65 bits per heavy atom. The van der Waals surface area contributed by atoms with Crippen LogP contribution in [0.1, 0.15) is 41.5 Å². The molecule has 2 fully saturated rings. The van der Waals surface area contributed by atoms with Crippen LogP contribution in [0.25, 0.3) is 44.6 Å². The third-order valence-corrected chi connectivity index (χ3v) is 10.1. The Balaban J connectivity index is 1.08. The van der Waals surface area contributed by atoms with Crippen LogP contribution in [0.5, 0.6) is 0 Å². The van der Waals surface area contributed by atoms with Gasteiger partial charge in [0.15, 0.2) is 11.4 Å². The predicted octanol–water partition coefficient (Wildman–Crippen LogP) is 8.28. The number of oxazole rings is 1. The summed E-state index contributed by atoms with van der Waals surface area (Å²) in [5.41, 5.74) is 10.9. The number of fused-ring (bicyclic) bond motifs is 2. The van der Waals surface area contributed by atoms with Crippen LogP contribution in [0.15, 0.2) is 77.5 Å². The Morgan fingerprint density at radius 3 is 2.46 bits per heavy atom. The normalized spacial score (nSPS) is 17.2. The van der Waals surface area contributed by atoms with Gasteiger partial charge in [-0.15, -0.1) is 0 Å². The molecule has 8 nitrogen and oxygen atoms in total. The van der Waals surface area contributed by atoms with E-state index < -0.39 is 0 Å². The van der Waals surface area contributed by atoms with E-state index in [1.807, 2.05) is 24.5 Å². The second kappa shape index (κ2) is 12.9. The van der Waals surface area contributed by atoms with Gasteiger partial charge in [-0.2, -0.15) is 0 Å². The van der Waals surface area contributed by atoms with Gasteiger partial charge in [0.2, 0.25) is 5.89 Å². The number of aromatic nitrogens is 3. The summed E-state index contributed by atoms with van der Waals surface area (Å²) in [6, 6.07) is 20.9. The smallest absolute Gasteiger partial charge is 0.227 e. The average Bonchev–Trinajstić information content (AvgIpc) is 3.84. The maximum absolute atomic E-state index is 9.92. The second-order valence-corrected chi connectivity index (χ2v) is 13.7. The number of hydrogen-bond acceptors (Lipinski definition) is 8. The lowest BCUT2D eigenvalue weighted by Crippen LogP contribution is -2.21. The van der Waals surface area contributed by atoms with Crippen molar-refractivity contribution in [2.45, 2.75) is 52.3 Å². The lowest BCUT2D eigenvalue weighted by molar-refractivity contribution is 0.175. The molecule has 244 valence electrons. The fraction of sp³-hybridized carbons (Fsp3) is 0.308. The molecular formula is C39H39ClN6O2. The Bertz CT molecular complexity index is 2140. The number of aliphatic hydroxyl groups excluding tert-OH is 1. The summed E-state index contributed by atoms with van der Waals surface area (Å²) in [5.74, 6) is 1.29. The van der Waals surface area contributed by atoms with E-state index in [-0.39, 0.29) is 6.10 Å². The van der Waals surface area contributed by atoms with Gasteiger partial charge < -0.3 is 14.8 Å². The van der Waals surface area contributed by atoms with E-state index in [2.05, 4.69) is 82.5 Å². The van der Waals surface area contributed by atoms with Gasteiger partial charge in [0.1, 0.15) is 11.0 Å². The van der Waals surface area contributed by atoms with Gasteiger partial charge in [-0.3, -0.25) is 14.8 Å². The minimum Gasteiger partial charge on any atom is -0.434 e. The summed E-state index contributed by atoms with van der Waals surface area (Å²) in [7, 11) is 0. The number of nitrogens with zero attached hydrogens (tertiary/aromatic N) is 5. The van der Waals surface area contributed by atoms with Crippen molar-refractivity contribution in [3.8, 4) is 22.6 Å². The van der Waals surface area contributed by atoms with Crippen molar-refractivity contribution >= 4 is 45.1 Å². The Labute approximate surface area is 285 Å². The van der Waals surface area contributed by atoms with Gasteiger partial charge in [-0.1, -0.05) is 35.9 Å². The van der Waals surface area contributed by atoms with Crippen molar-refractivity contribution in [1.29, 1.82) is 0 Å². The average molecular weight is 659 g/mol. The Hall–Kier alpha value is -4.34. The van der Waals surface area contributed by atoms with Crippen molar-refractivity contribution in [1.82, 2.24) is 24.8 Å². The van der Waals surface area contributed by atoms with Crippen LogP contribution < -0.4 is 5.32 Å². The molecule has 9 heteroatoms. The highest BCUT2D eigenvalue weighted by Gasteiger charge is 2.21. The first kappa shape index (κ1) is 31.0. The van der Waals surface area contributed by atoms with E-state index in [0.29, 0.717) is 28.9 Å². The highest BCUT2D eigenvalue weighted by molar-refractivity contribution is 6.34. The van der Waals surface area contributed by atoms with Gasteiger partial charge in [0, 0.05) is 55.2 Å². The van der Waals surface area contributed by atoms with Crippen molar-refractivity contribution < 1.29 is 9.52 Å². The first-order valence-corrected chi connectivity index (χ1v) is 17.2. The highest BCUT2D eigenvalue weighted by Crippen LogP contribution is 2.38. The zero-order valence-corrected chi connectivity index (χ0v) is 28.1. The van der Waals surface area contributed by atoms with Crippen LogP contribution in [-0.4, -0.2) is 62.1 Å². The lowest BCUT2D eigenvalue weighted by Gasteiger charge is -2.17.